The third-order valence-corrected chi connectivity index (χ3v) is 5.72. The first-order valence-electron chi connectivity index (χ1n) is 6.99. The van der Waals surface area contributed by atoms with E-state index in [-0.39, 0.29) is 4.75 Å². The van der Waals surface area contributed by atoms with Gasteiger partial charge in [0.1, 0.15) is 0 Å². The van der Waals surface area contributed by atoms with Gasteiger partial charge in [0, 0.05) is 0 Å². The van der Waals surface area contributed by atoms with Gasteiger partial charge in [-0.2, -0.15) is 0 Å². The van der Waals surface area contributed by atoms with Crippen LogP contribution in [-0.4, -0.2) is 5.75 Å². The van der Waals surface area contributed by atoms with Crippen LogP contribution in [0.25, 0.3) is 0 Å². The van der Waals surface area contributed by atoms with E-state index in [4.69, 9.17) is 0 Å². The minimum Gasteiger partial charge on any atom is -0.145 e. The zero-order valence-electron chi connectivity index (χ0n) is 11.6. The molecule has 0 bridgehead atoms. The van der Waals surface area contributed by atoms with Crippen molar-refractivity contribution in [3.05, 3.63) is 70.8 Å². The Kier molecular flexibility index (Phi) is 3.40. The fourth-order valence-corrected chi connectivity index (χ4v) is 4.44. The maximum Gasteiger partial charge on any atom is 0.0657 e. The van der Waals surface area contributed by atoms with Crippen molar-refractivity contribution in [2.24, 2.45) is 0 Å². The fraction of sp³-hybridized carbons (Fsp3) is 0.333. The van der Waals surface area contributed by atoms with Crippen molar-refractivity contribution in [3.8, 4) is 0 Å². The third-order valence-electron chi connectivity index (χ3n) is 4.06. The second-order valence-electron chi connectivity index (χ2n) is 5.51. The monoisotopic (exact) mass is 268 g/mol. The van der Waals surface area contributed by atoms with Crippen molar-refractivity contribution in [3.63, 3.8) is 0 Å². The lowest BCUT2D eigenvalue weighted by Crippen LogP contribution is -2.20. The van der Waals surface area contributed by atoms with E-state index in [1.807, 2.05) is 0 Å². The van der Waals surface area contributed by atoms with Crippen LogP contribution in [0, 0.1) is 13.8 Å². The number of thioether (sulfide) groups is 1. The Balaban J connectivity index is 2.08. The average molecular weight is 268 g/mol. The molecular formula is C18H20S. The summed E-state index contributed by atoms with van der Waals surface area (Å²) in [6.07, 6.45) is 2.57. The zero-order valence-corrected chi connectivity index (χ0v) is 12.5. The van der Waals surface area contributed by atoms with Gasteiger partial charge < -0.3 is 0 Å². The Bertz CT molecular complexity index is 498. The van der Waals surface area contributed by atoms with Crippen LogP contribution in [0.4, 0.5) is 0 Å². The van der Waals surface area contributed by atoms with Crippen molar-refractivity contribution in [2.45, 2.75) is 31.4 Å². The lowest BCUT2D eigenvalue weighted by molar-refractivity contribution is 0.685. The van der Waals surface area contributed by atoms with Crippen molar-refractivity contribution in [1.82, 2.24) is 0 Å². The van der Waals surface area contributed by atoms with Gasteiger partial charge >= 0.3 is 0 Å². The van der Waals surface area contributed by atoms with Crippen LogP contribution in [0.2, 0.25) is 0 Å². The Morgan fingerprint density at radius 2 is 1.26 bits per heavy atom. The average Bonchev–Trinajstić information content (AvgIpc) is 2.91. The van der Waals surface area contributed by atoms with E-state index in [0.717, 1.165) is 0 Å². The molecule has 0 amide bonds. The first-order chi connectivity index (χ1) is 9.21. The topological polar surface area (TPSA) is 0 Å². The number of hydrogen-bond donors (Lipinski definition) is 0. The summed E-state index contributed by atoms with van der Waals surface area (Å²) in [5.74, 6) is 1.27. The Morgan fingerprint density at radius 1 is 0.789 bits per heavy atom. The highest BCUT2D eigenvalue weighted by Crippen LogP contribution is 2.51. The molecule has 1 fully saturated rings. The molecule has 0 radical (unpaired) electrons. The number of hydrogen-bond acceptors (Lipinski definition) is 1. The van der Waals surface area contributed by atoms with E-state index in [2.05, 4.69) is 74.1 Å². The van der Waals surface area contributed by atoms with Crippen LogP contribution in [0.1, 0.15) is 35.1 Å². The van der Waals surface area contributed by atoms with Gasteiger partial charge in [-0.1, -0.05) is 59.7 Å². The van der Waals surface area contributed by atoms with Gasteiger partial charge in [0.05, 0.1) is 4.75 Å². The molecule has 0 spiro atoms. The molecule has 1 heterocycles. The highest BCUT2D eigenvalue weighted by Gasteiger charge is 2.37. The molecule has 1 heteroatoms. The smallest absolute Gasteiger partial charge is 0.0657 e. The first-order valence-corrected chi connectivity index (χ1v) is 7.97. The molecule has 0 nitrogen and oxygen atoms in total. The van der Waals surface area contributed by atoms with Gasteiger partial charge in [0.15, 0.2) is 0 Å². The highest BCUT2D eigenvalue weighted by molar-refractivity contribution is 8.00. The van der Waals surface area contributed by atoms with Crippen LogP contribution in [0.5, 0.6) is 0 Å². The summed E-state index contributed by atoms with van der Waals surface area (Å²) in [6.45, 7) is 4.31. The number of rotatable bonds is 2. The summed E-state index contributed by atoms with van der Waals surface area (Å²) in [5, 5.41) is 0. The Morgan fingerprint density at radius 3 is 1.63 bits per heavy atom. The predicted octanol–water partition coefficient (Wildman–Crippen LogP) is 5.07. The molecule has 0 aliphatic carbocycles. The van der Waals surface area contributed by atoms with Gasteiger partial charge in [-0.15, -0.1) is 11.8 Å². The maximum absolute atomic E-state index is 2.31. The normalized spacial score (nSPS) is 17.6. The number of aryl methyl sites for hydroxylation is 2. The Labute approximate surface area is 120 Å². The van der Waals surface area contributed by atoms with Gasteiger partial charge in [0.2, 0.25) is 0 Å². The van der Waals surface area contributed by atoms with Gasteiger partial charge in [-0.3, -0.25) is 0 Å². The summed E-state index contributed by atoms with van der Waals surface area (Å²) >= 11 is 2.11. The van der Waals surface area contributed by atoms with E-state index in [1.54, 1.807) is 0 Å². The van der Waals surface area contributed by atoms with Crippen molar-refractivity contribution >= 4 is 11.8 Å². The van der Waals surface area contributed by atoms with E-state index < -0.39 is 0 Å². The highest BCUT2D eigenvalue weighted by atomic mass is 32.2. The van der Waals surface area contributed by atoms with E-state index in [0.29, 0.717) is 0 Å². The molecule has 2 aromatic rings. The van der Waals surface area contributed by atoms with Crippen LogP contribution in [0.15, 0.2) is 48.5 Å². The summed E-state index contributed by atoms with van der Waals surface area (Å²) in [4.78, 5) is 0. The molecule has 0 unspecified atom stereocenters. The lowest BCUT2D eigenvalue weighted by Gasteiger charge is -2.30. The summed E-state index contributed by atoms with van der Waals surface area (Å²) < 4.78 is 0.182. The molecular weight excluding hydrogens is 248 g/mol. The molecule has 0 atom stereocenters. The second-order valence-corrected chi connectivity index (χ2v) is 6.90. The molecule has 0 aromatic heterocycles. The lowest BCUT2D eigenvalue weighted by atomic mass is 9.86. The van der Waals surface area contributed by atoms with Gasteiger partial charge in [-0.05, 0) is 43.6 Å². The molecule has 1 aliphatic rings. The SMILES string of the molecule is Cc1ccc(C2(c3ccc(C)cc3)CCCS2)cc1. The molecule has 0 saturated carbocycles. The van der Waals surface area contributed by atoms with Crippen molar-refractivity contribution in [1.29, 1.82) is 0 Å². The van der Waals surface area contributed by atoms with Crippen LogP contribution >= 0.6 is 11.8 Å². The standard InChI is InChI=1S/C18H20S/c1-14-4-8-16(9-5-14)18(12-3-13-19-18)17-10-6-15(2)7-11-17/h4-11H,3,12-13H2,1-2H3. The first kappa shape index (κ1) is 12.8. The molecule has 1 aliphatic heterocycles. The number of benzene rings is 2. The molecule has 1 saturated heterocycles. The molecule has 2 aromatic carbocycles. The summed E-state index contributed by atoms with van der Waals surface area (Å²) in [5.41, 5.74) is 5.60. The largest absolute Gasteiger partial charge is 0.145 e. The molecule has 0 N–H and O–H groups in total. The van der Waals surface area contributed by atoms with Crippen molar-refractivity contribution < 1.29 is 0 Å². The van der Waals surface area contributed by atoms with Gasteiger partial charge in [0.25, 0.3) is 0 Å². The third kappa shape index (κ3) is 2.32. The molecule has 98 valence electrons. The van der Waals surface area contributed by atoms with E-state index >= 15 is 0 Å². The van der Waals surface area contributed by atoms with Gasteiger partial charge in [-0.25, -0.2) is 0 Å². The quantitative estimate of drug-likeness (QED) is 0.732. The van der Waals surface area contributed by atoms with E-state index in [9.17, 15) is 0 Å². The van der Waals surface area contributed by atoms with Crippen molar-refractivity contribution in [2.75, 3.05) is 5.75 Å². The predicted molar refractivity (Wildman–Crippen MR) is 84.8 cm³/mol. The minimum atomic E-state index is 0.182. The molecule has 19 heavy (non-hydrogen) atoms. The Hall–Kier alpha value is -1.21. The minimum absolute atomic E-state index is 0.182. The van der Waals surface area contributed by atoms with E-state index in [1.165, 1.54) is 40.8 Å². The zero-order chi connectivity index (χ0) is 13.3. The summed E-state index contributed by atoms with van der Waals surface area (Å²) in [6, 6.07) is 18.2. The van der Waals surface area contributed by atoms with Crippen LogP contribution in [-0.2, 0) is 4.75 Å². The van der Waals surface area contributed by atoms with Crippen LogP contribution in [0.3, 0.4) is 0 Å². The molecule has 3 rings (SSSR count). The van der Waals surface area contributed by atoms with Crippen LogP contribution < -0.4 is 0 Å². The fourth-order valence-electron chi connectivity index (χ4n) is 2.91. The summed E-state index contributed by atoms with van der Waals surface area (Å²) in [7, 11) is 0. The maximum atomic E-state index is 2.31. The second kappa shape index (κ2) is 5.05.